The van der Waals surface area contributed by atoms with E-state index in [2.05, 4.69) is 10.4 Å². The molecule has 150 valence electrons. The van der Waals surface area contributed by atoms with Crippen LogP contribution in [0.4, 0.5) is 5.82 Å². The van der Waals surface area contributed by atoms with Crippen LogP contribution in [0.25, 0.3) is 0 Å². The summed E-state index contributed by atoms with van der Waals surface area (Å²) in [7, 11) is -3.48. The second kappa shape index (κ2) is 8.18. The van der Waals surface area contributed by atoms with Gasteiger partial charge < -0.3 is 5.32 Å². The van der Waals surface area contributed by atoms with Crippen LogP contribution in [0.5, 0.6) is 0 Å². The molecule has 1 aliphatic rings. The first-order valence-electron chi connectivity index (χ1n) is 9.51. The normalized spacial score (nSPS) is 14.8. The summed E-state index contributed by atoms with van der Waals surface area (Å²) in [5.41, 5.74) is 1.46. The highest BCUT2D eigenvalue weighted by Crippen LogP contribution is 2.21. The fourth-order valence-electron chi connectivity index (χ4n) is 3.37. The molecule has 1 N–H and O–H groups in total. The second-order valence-corrected chi connectivity index (χ2v) is 8.89. The van der Waals surface area contributed by atoms with Crippen LogP contribution in [0.2, 0.25) is 0 Å². The average molecular weight is 410 g/mol. The molecule has 0 aliphatic carbocycles. The van der Waals surface area contributed by atoms with Crippen LogP contribution in [-0.4, -0.2) is 41.5 Å². The molecule has 8 heteroatoms. The number of nitrogens with zero attached hydrogens (tertiary/aromatic N) is 3. The minimum absolute atomic E-state index is 0.213. The Kier molecular flexibility index (Phi) is 5.46. The van der Waals surface area contributed by atoms with Crippen molar-refractivity contribution in [1.82, 2.24) is 14.1 Å². The number of sulfonamides is 1. The quantitative estimate of drug-likeness (QED) is 0.677. The summed E-state index contributed by atoms with van der Waals surface area (Å²) in [5.74, 6) is 0.262. The van der Waals surface area contributed by atoms with Gasteiger partial charge in [-0.3, -0.25) is 4.79 Å². The Balaban J connectivity index is 1.46. The highest BCUT2D eigenvalue weighted by Gasteiger charge is 2.27. The van der Waals surface area contributed by atoms with Gasteiger partial charge in [0.05, 0.1) is 17.6 Å². The third-order valence-corrected chi connectivity index (χ3v) is 6.87. The zero-order chi connectivity index (χ0) is 20.3. The Morgan fingerprint density at radius 3 is 2.34 bits per heavy atom. The molecule has 0 bridgehead atoms. The van der Waals surface area contributed by atoms with Crippen LogP contribution in [0, 0.1) is 0 Å². The molecule has 0 spiro atoms. The van der Waals surface area contributed by atoms with E-state index in [1.54, 1.807) is 16.9 Å². The minimum Gasteiger partial charge on any atom is -0.307 e. The number of hydrogen-bond acceptors (Lipinski definition) is 4. The van der Waals surface area contributed by atoms with E-state index >= 15 is 0 Å². The molecule has 1 aromatic heterocycles. The van der Waals surface area contributed by atoms with Gasteiger partial charge in [0, 0.05) is 24.7 Å². The minimum atomic E-state index is -3.48. The first-order chi connectivity index (χ1) is 14.0. The van der Waals surface area contributed by atoms with E-state index in [9.17, 15) is 13.2 Å². The van der Waals surface area contributed by atoms with Crippen LogP contribution in [-0.2, 0) is 16.6 Å². The third-order valence-electron chi connectivity index (χ3n) is 4.95. The number of anilines is 1. The van der Waals surface area contributed by atoms with Crippen LogP contribution in [0.1, 0.15) is 28.8 Å². The Bertz CT molecular complexity index is 1090. The molecule has 7 nitrogen and oxygen atoms in total. The van der Waals surface area contributed by atoms with Crippen molar-refractivity contribution >= 4 is 21.7 Å². The fraction of sp³-hybridized carbons (Fsp3) is 0.238. The number of carbonyl (C=O) groups is 1. The lowest BCUT2D eigenvalue weighted by molar-refractivity contribution is 0.102. The number of hydrogen-bond donors (Lipinski definition) is 1. The summed E-state index contributed by atoms with van der Waals surface area (Å²) in [5, 5.41) is 7.11. The Morgan fingerprint density at radius 1 is 0.966 bits per heavy atom. The molecule has 0 saturated carbocycles. The van der Waals surface area contributed by atoms with E-state index in [0.717, 1.165) is 18.4 Å². The lowest BCUT2D eigenvalue weighted by atomic mass is 10.2. The average Bonchev–Trinajstić information content (AvgIpc) is 3.42. The number of carbonyl (C=O) groups excluding carboxylic acids is 1. The standard InChI is InChI=1S/C21H22N4O3S/c26-21(23-20-12-13-22-25(20)16-17-6-2-1-3-7-17)18-8-10-19(11-9-18)29(27,28)24-14-4-5-15-24/h1-3,6-13H,4-5,14-16H2,(H,23,26). The molecule has 0 unspecified atom stereocenters. The second-order valence-electron chi connectivity index (χ2n) is 6.95. The van der Waals surface area contributed by atoms with E-state index in [4.69, 9.17) is 0 Å². The topological polar surface area (TPSA) is 84.3 Å². The maximum absolute atomic E-state index is 12.6. The zero-order valence-electron chi connectivity index (χ0n) is 15.9. The molecule has 1 amide bonds. The largest absolute Gasteiger partial charge is 0.307 e. The van der Waals surface area contributed by atoms with Gasteiger partial charge in [0.15, 0.2) is 0 Å². The fourth-order valence-corrected chi connectivity index (χ4v) is 4.88. The van der Waals surface area contributed by atoms with Gasteiger partial charge in [-0.05, 0) is 42.7 Å². The van der Waals surface area contributed by atoms with Crippen molar-refractivity contribution in [2.45, 2.75) is 24.3 Å². The first-order valence-corrected chi connectivity index (χ1v) is 11.0. The van der Waals surface area contributed by atoms with E-state index in [1.807, 2.05) is 30.3 Å². The molecule has 2 aromatic carbocycles. The van der Waals surface area contributed by atoms with Gasteiger partial charge in [-0.25, -0.2) is 13.1 Å². The Labute approximate surface area is 170 Å². The summed E-state index contributed by atoms with van der Waals surface area (Å²) < 4.78 is 28.4. The van der Waals surface area contributed by atoms with Gasteiger partial charge in [-0.15, -0.1) is 0 Å². The molecule has 1 saturated heterocycles. The number of benzene rings is 2. The van der Waals surface area contributed by atoms with Gasteiger partial charge in [-0.1, -0.05) is 30.3 Å². The Morgan fingerprint density at radius 2 is 1.66 bits per heavy atom. The highest BCUT2D eigenvalue weighted by atomic mass is 32.2. The molecular formula is C21H22N4O3S. The molecule has 1 aliphatic heterocycles. The summed E-state index contributed by atoms with van der Waals surface area (Å²) in [6, 6.07) is 17.6. The van der Waals surface area contributed by atoms with Crippen molar-refractivity contribution < 1.29 is 13.2 Å². The summed E-state index contributed by atoms with van der Waals surface area (Å²) in [6.07, 6.45) is 3.40. The van der Waals surface area contributed by atoms with Crippen LogP contribution >= 0.6 is 0 Å². The maximum Gasteiger partial charge on any atom is 0.256 e. The molecule has 2 heterocycles. The van der Waals surface area contributed by atoms with E-state index < -0.39 is 10.0 Å². The monoisotopic (exact) mass is 410 g/mol. The predicted octanol–water partition coefficient (Wildman–Crippen LogP) is 2.97. The lowest BCUT2D eigenvalue weighted by Crippen LogP contribution is -2.27. The van der Waals surface area contributed by atoms with Crippen molar-refractivity contribution in [3.63, 3.8) is 0 Å². The maximum atomic E-state index is 12.6. The molecule has 1 fully saturated rings. The van der Waals surface area contributed by atoms with Crippen LogP contribution < -0.4 is 5.32 Å². The first kappa shape index (κ1) is 19.4. The van der Waals surface area contributed by atoms with Crippen LogP contribution in [0.3, 0.4) is 0 Å². The van der Waals surface area contributed by atoms with E-state index in [0.29, 0.717) is 31.0 Å². The predicted molar refractivity (Wildman–Crippen MR) is 110 cm³/mol. The number of rotatable bonds is 6. The number of aromatic nitrogens is 2. The van der Waals surface area contributed by atoms with Crippen LogP contribution in [0.15, 0.2) is 71.8 Å². The Hall–Kier alpha value is -2.97. The van der Waals surface area contributed by atoms with Gasteiger partial charge in [-0.2, -0.15) is 9.40 Å². The molecule has 4 rings (SSSR count). The van der Waals surface area contributed by atoms with Crippen molar-refractivity contribution in [2.75, 3.05) is 18.4 Å². The molecule has 0 radical (unpaired) electrons. The third kappa shape index (κ3) is 4.23. The van der Waals surface area contributed by atoms with Gasteiger partial charge in [0.2, 0.25) is 10.0 Å². The lowest BCUT2D eigenvalue weighted by Gasteiger charge is -2.15. The molecule has 0 atom stereocenters. The van der Waals surface area contributed by atoms with Gasteiger partial charge in [0.25, 0.3) is 5.91 Å². The smallest absolute Gasteiger partial charge is 0.256 e. The van der Waals surface area contributed by atoms with E-state index in [1.165, 1.54) is 28.6 Å². The highest BCUT2D eigenvalue weighted by molar-refractivity contribution is 7.89. The summed E-state index contributed by atoms with van der Waals surface area (Å²) >= 11 is 0. The van der Waals surface area contributed by atoms with Crippen molar-refractivity contribution in [3.05, 3.63) is 78.0 Å². The molecular weight excluding hydrogens is 388 g/mol. The van der Waals surface area contributed by atoms with Crippen molar-refractivity contribution in [3.8, 4) is 0 Å². The number of amides is 1. The van der Waals surface area contributed by atoms with Crippen molar-refractivity contribution in [1.29, 1.82) is 0 Å². The molecule has 3 aromatic rings. The van der Waals surface area contributed by atoms with E-state index in [-0.39, 0.29) is 10.8 Å². The van der Waals surface area contributed by atoms with Gasteiger partial charge >= 0.3 is 0 Å². The SMILES string of the molecule is O=C(Nc1ccnn1Cc1ccccc1)c1ccc(S(=O)(=O)N2CCCC2)cc1. The summed E-state index contributed by atoms with van der Waals surface area (Å²) in [6.45, 7) is 1.64. The van der Waals surface area contributed by atoms with Gasteiger partial charge in [0.1, 0.15) is 5.82 Å². The molecule has 29 heavy (non-hydrogen) atoms. The van der Waals surface area contributed by atoms with Crippen molar-refractivity contribution in [2.24, 2.45) is 0 Å². The zero-order valence-corrected chi connectivity index (χ0v) is 16.7. The summed E-state index contributed by atoms with van der Waals surface area (Å²) in [4.78, 5) is 12.8. The number of nitrogens with one attached hydrogen (secondary N) is 1.